The van der Waals surface area contributed by atoms with Crippen LogP contribution in [0.3, 0.4) is 0 Å². The van der Waals surface area contributed by atoms with Crippen LogP contribution in [-0.2, 0) is 26.2 Å². The van der Waals surface area contributed by atoms with Gasteiger partial charge in [0.2, 0.25) is 5.91 Å². The molecule has 0 aliphatic carbocycles. The number of hydrogen-bond acceptors (Lipinski definition) is 6. The molecular weight excluding hydrogens is 492 g/mol. The number of ether oxygens (including phenoxy) is 2. The van der Waals surface area contributed by atoms with Crippen LogP contribution in [-0.4, -0.2) is 48.9 Å². The van der Waals surface area contributed by atoms with Gasteiger partial charge in [0.15, 0.2) is 6.61 Å². The van der Waals surface area contributed by atoms with Gasteiger partial charge >= 0.3 is 5.97 Å². The summed E-state index contributed by atoms with van der Waals surface area (Å²) in [5.41, 5.74) is 8.57. The predicted molar refractivity (Wildman–Crippen MR) is 152 cm³/mol. The summed E-state index contributed by atoms with van der Waals surface area (Å²) in [6, 6.07) is 6.11. The van der Waals surface area contributed by atoms with Gasteiger partial charge in [-0.25, -0.2) is 4.79 Å². The molecule has 1 aromatic rings. The minimum atomic E-state index is -1.03. The van der Waals surface area contributed by atoms with Crippen molar-refractivity contribution in [2.24, 2.45) is 17.6 Å². The molecule has 0 radical (unpaired) electrons. The Bertz CT molecular complexity index is 810. The molecule has 8 heteroatoms. The van der Waals surface area contributed by atoms with E-state index in [1.165, 1.54) is 0 Å². The number of amides is 1. The highest BCUT2D eigenvalue weighted by Crippen LogP contribution is 2.32. The first-order valence-corrected chi connectivity index (χ1v) is 13.5. The molecule has 7 nitrogen and oxygen atoms in total. The first-order valence-electron chi connectivity index (χ1n) is 13.5. The molecule has 0 saturated carbocycles. The second-order valence-electron chi connectivity index (χ2n) is 11.1. The highest BCUT2D eigenvalue weighted by atomic mass is 35.5. The molecule has 37 heavy (non-hydrogen) atoms. The number of halogens is 1. The Morgan fingerprint density at radius 2 is 1.81 bits per heavy atom. The molecule has 0 aliphatic rings. The van der Waals surface area contributed by atoms with Crippen LogP contribution >= 0.6 is 12.4 Å². The van der Waals surface area contributed by atoms with Crippen LogP contribution in [0.2, 0.25) is 0 Å². The van der Waals surface area contributed by atoms with Crippen molar-refractivity contribution in [2.45, 2.75) is 105 Å². The zero-order valence-corrected chi connectivity index (χ0v) is 24.8. The van der Waals surface area contributed by atoms with Gasteiger partial charge in [-0.3, -0.25) is 4.79 Å². The summed E-state index contributed by atoms with van der Waals surface area (Å²) >= 11 is 0. The minimum absolute atomic E-state index is 0. The lowest BCUT2D eigenvalue weighted by molar-refractivity contribution is -0.145. The summed E-state index contributed by atoms with van der Waals surface area (Å²) in [6.45, 7) is 15.4. The minimum Gasteiger partial charge on any atom is -0.482 e. The van der Waals surface area contributed by atoms with Crippen molar-refractivity contribution in [1.82, 2.24) is 5.32 Å². The van der Waals surface area contributed by atoms with E-state index in [-0.39, 0.29) is 48.3 Å². The molecule has 1 aromatic carbocycles. The van der Waals surface area contributed by atoms with E-state index in [4.69, 9.17) is 15.2 Å². The Kier molecular flexibility index (Phi) is 16.8. The highest BCUT2D eigenvalue weighted by Gasteiger charge is 2.23. The molecule has 1 amide bonds. The summed E-state index contributed by atoms with van der Waals surface area (Å²) in [4.78, 5) is 24.0. The van der Waals surface area contributed by atoms with Crippen LogP contribution in [0.15, 0.2) is 18.2 Å². The number of rotatable bonds is 16. The van der Waals surface area contributed by atoms with Crippen molar-refractivity contribution in [1.29, 1.82) is 0 Å². The molecule has 0 aliphatic heterocycles. The average Bonchev–Trinajstić information content (AvgIpc) is 2.80. The number of esters is 1. The standard InChI is InChI=1S/C29H50N2O5.ClH/c1-8-10-15-31-28(34)25(32)14-13-24(30)17-22(20(3)4)16-21-11-12-23(29(5,6)7)18-26(21)36-19-27(33)35-9-2;/h11-12,18,20,22,24-25,32H,8-10,13-17,19,30H2,1-7H3,(H,31,34);1H/t22-,24-,25-;/m0./s1. The fraction of sp³-hybridized carbons (Fsp3) is 0.724. The van der Waals surface area contributed by atoms with Crippen LogP contribution in [0.5, 0.6) is 5.75 Å². The predicted octanol–water partition coefficient (Wildman–Crippen LogP) is 4.94. The Labute approximate surface area is 230 Å². The summed E-state index contributed by atoms with van der Waals surface area (Å²) in [5, 5.41) is 13.0. The van der Waals surface area contributed by atoms with Crippen molar-refractivity contribution in [2.75, 3.05) is 19.8 Å². The van der Waals surface area contributed by atoms with Gasteiger partial charge in [0.1, 0.15) is 11.9 Å². The van der Waals surface area contributed by atoms with Crippen molar-refractivity contribution in [3.8, 4) is 5.75 Å². The third-order valence-electron chi connectivity index (χ3n) is 6.56. The fourth-order valence-corrected chi connectivity index (χ4v) is 4.05. The molecule has 1 rings (SSSR count). The first-order chi connectivity index (χ1) is 16.9. The fourth-order valence-electron chi connectivity index (χ4n) is 4.05. The zero-order valence-electron chi connectivity index (χ0n) is 24.0. The summed E-state index contributed by atoms with van der Waals surface area (Å²) in [6.07, 6.45) is 3.30. The second kappa shape index (κ2) is 17.6. The Balaban J connectivity index is 0.0000130. The maximum Gasteiger partial charge on any atom is 0.344 e. The van der Waals surface area contributed by atoms with Gasteiger partial charge in [0, 0.05) is 12.6 Å². The first kappa shape index (κ1) is 35.2. The van der Waals surface area contributed by atoms with Gasteiger partial charge in [-0.15, -0.1) is 12.4 Å². The highest BCUT2D eigenvalue weighted by molar-refractivity contribution is 5.85. The smallest absolute Gasteiger partial charge is 0.344 e. The van der Waals surface area contributed by atoms with Gasteiger partial charge in [-0.1, -0.05) is 60.1 Å². The van der Waals surface area contributed by atoms with Crippen LogP contribution in [0.1, 0.15) is 91.7 Å². The van der Waals surface area contributed by atoms with E-state index >= 15 is 0 Å². The molecule has 4 N–H and O–H groups in total. The zero-order chi connectivity index (χ0) is 27.3. The Hall–Kier alpha value is -1.83. The number of hydrogen-bond donors (Lipinski definition) is 3. The molecule has 0 unspecified atom stereocenters. The lowest BCUT2D eigenvalue weighted by Gasteiger charge is -2.27. The van der Waals surface area contributed by atoms with Crippen molar-refractivity contribution >= 4 is 24.3 Å². The van der Waals surface area contributed by atoms with E-state index in [0.717, 1.165) is 36.8 Å². The van der Waals surface area contributed by atoms with Crippen molar-refractivity contribution in [3.05, 3.63) is 29.3 Å². The number of unbranched alkanes of at least 4 members (excludes halogenated alkanes) is 1. The SMILES string of the molecule is CCCCNC(=O)[C@@H](O)CC[C@H](N)C[C@H](Cc1ccc(C(C)(C)C)cc1OCC(=O)OCC)C(C)C.Cl. The molecule has 0 spiro atoms. The molecule has 214 valence electrons. The Morgan fingerprint density at radius 3 is 2.38 bits per heavy atom. The maximum absolute atomic E-state index is 12.0. The molecule has 0 bridgehead atoms. The lowest BCUT2D eigenvalue weighted by Crippen LogP contribution is -2.36. The van der Waals surface area contributed by atoms with Crippen LogP contribution in [0.25, 0.3) is 0 Å². The number of benzene rings is 1. The van der Waals surface area contributed by atoms with Gasteiger partial charge in [-0.2, -0.15) is 0 Å². The summed E-state index contributed by atoms with van der Waals surface area (Å²) < 4.78 is 11.0. The molecule has 0 aromatic heterocycles. The summed E-state index contributed by atoms with van der Waals surface area (Å²) in [7, 11) is 0. The number of nitrogens with one attached hydrogen (secondary N) is 1. The largest absolute Gasteiger partial charge is 0.482 e. The number of aliphatic hydroxyl groups excluding tert-OH is 1. The number of aliphatic hydroxyl groups is 1. The summed E-state index contributed by atoms with van der Waals surface area (Å²) in [5.74, 6) is 0.649. The van der Waals surface area contributed by atoms with Crippen molar-refractivity contribution < 1.29 is 24.2 Å². The van der Waals surface area contributed by atoms with Gasteiger partial charge in [0.25, 0.3) is 0 Å². The molecule has 0 fully saturated rings. The van der Waals surface area contributed by atoms with E-state index in [1.54, 1.807) is 6.92 Å². The van der Waals surface area contributed by atoms with E-state index in [0.29, 0.717) is 37.7 Å². The van der Waals surface area contributed by atoms with Gasteiger partial charge in [-0.05, 0) is 73.5 Å². The van der Waals surface area contributed by atoms with Crippen LogP contribution < -0.4 is 15.8 Å². The van der Waals surface area contributed by atoms with E-state index in [2.05, 4.69) is 59.0 Å². The van der Waals surface area contributed by atoms with Gasteiger partial charge < -0.3 is 25.6 Å². The molecular formula is C29H51ClN2O5. The van der Waals surface area contributed by atoms with Crippen LogP contribution in [0.4, 0.5) is 0 Å². The topological polar surface area (TPSA) is 111 Å². The Morgan fingerprint density at radius 1 is 1.14 bits per heavy atom. The van der Waals surface area contributed by atoms with E-state index < -0.39 is 6.10 Å². The third-order valence-corrected chi connectivity index (χ3v) is 6.56. The quantitative estimate of drug-likeness (QED) is 0.201. The lowest BCUT2D eigenvalue weighted by atomic mass is 9.81. The second-order valence-corrected chi connectivity index (χ2v) is 11.1. The van der Waals surface area contributed by atoms with E-state index in [9.17, 15) is 14.7 Å². The maximum atomic E-state index is 12.0. The van der Waals surface area contributed by atoms with Gasteiger partial charge in [0.05, 0.1) is 6.61 Å². The van der Waals surface area contributed by atoms with Crippen LogP contribution in [0, 0.1) is 11.8 Å². The number of nitrogens with two attached hydrogens (primary N) is 1. The average molecular weight is 543 g/mol. The van der Waals surface area contributed by atoms with Crippen molar-refractivity contribution in [3.63, 3.8) is 0 Å². The number of carbonyl (C=O) groups excluding carboxylic acids is 2. The monoisotopic (exact) mass is 542 g/mol. The molecule has 0 saturated heterocycles. The molecule has 0 heterocycles. The number of carbonyl (C=O) groups is 2. The third kappa shape index (κ3) is 13.5. The molecule has 3 atom stereocenters. The van der Waals surface area contributed by atoms with E-state index in [1.807, 2.05) is 6.07 Å². The normalized spacial score (nSPS) is 13.9.